The first-order valence-electron chi connectivity index (χ1n) is 6.06. The van der Waals surface area contributed by atoms with Gasteiger partial charge in [-0.05, 0) is 48.9 Å². The predicted octanol–water partition coefficient (Wildman–Crippen LogP) is 5.22. The second kappa shape index (κ2) is 6.73. The molecule has 0 aliphatic rings. The van der Waals surface area contributed by atoms with Crippen LogP contribution in [-0.4, -0.2) is 5.78 Å². The summed E-state index contributed by atoms with van der Waals surface area (Å²) in [7, 11) is 0. The first-order valence-corrected chi connectivity index (χ1v) is 7.23. The molecule has 2 rings (SSSR count). The number of allylic oxidation sites excluding steroid dienone is 1. The van der Waals surface area contributed by atoms with Gasteiger partial charge in [-0.3, -0.25) is 4.79 Å². The quantitative estimate of drug-likeness (QED) is 0.605. The fourth-order valence-electron chi connectivity index (χ4n) is 1.68. The number of rotatable bonds is 4. The lowest BCUT2D eigenvalue weighted by Crippen LogP contribution is -1.97. The lowest BCUT2D eigenvalue weighted by molar-refractivity contribution is 0.104. The number of carbonyl (C=O) groups is 1. The summed E-state index contributed by atoms with van der Waals surface area (Å²) in [5.41, 5.74) is 2.49. The van der Waals surface area contributed by atoms with Crippen molar-refractivity contribution in [2.75, 3.05) is 5.32 Å². The number of nitrogens with one attached hydrogen (secondary N) is 1. The van der Waals surface area contributed by atoms with Crippen LogP contribution in [0.15, 0.2) is 59.2 Å². The Morgan fingerprint density at radius 2 is 1.90 bits per heavy atom. The lowest BCUT2D eigenvalue weighted by Gasteiger charge is -2.06. The van der Waals surface area contributed by atoms with Gasteiger partial charge in [0.25, 0.3) is 0 Å². The number of hydrogen-bond donors (Lipinski definition) is 1. The minimum Gasteiger partial charge on any atom is -0.361 e. The van der Waals surface area contributed by atoms with E-state index >= 15 is 0 Å². The Morgan fingerprint density at radius 3 is 2.60 bits per heavy atom. The Balaban J connectivity index is 2.05. The molecular formula is C16H13BrClNO. The third kappa shape index (κ3) is 3.71. The van der Waals surface area contributed by atoms with E-state index in [2.05, 4.69) is 21.2 Å². The van der Waals surface area contributed by atoms with Crippen molar-refractivity contribution in [2.45, 2.75) is 6.92 Å². The molecule has 0 aliphatic heterocycles. The number of anilines is 1. The monoisotopic (exact) mass is 349 g/mol. The standard InChI is InChI=1S/C16H13BrClNO/c1-11-14(18)3-2-4-15(11)19-10-9-16(20)12-5-7-13(17)8-6-12/h2-10,19H,1H3/b10-9+. The van der Waals surface area contributed by atoms with Gasteiger partial charge in [-0.25, -0.2) is 0 Å². The van der Waals surface area contributed by atoms with Crippen molar-refractivity contribution in [3.8, 4) is 0 Å². The average Bonchev–Trinajstić information content (AvgIpc) is 2.44. The normalized spacial score (nSPS) is 10.8. The minimum absolute atomic E-state index is 0.0512. The van der Waals surface area contributed by atoms with E-state index in [9.17, 15) is 4.79 Å². The fourth-order valence-corrected chi connectivity index (χ4v) is 2.12. The van der Waals surface area contributed by atoms with Crippen molar-refractivity contribution < 1.29 is 4.79 Å². The summed E-state index contributed by atoms with van der Waals surface area (Å²) in [6.45, 7) is 1.93. The maximum atomic E-state index is 11.9. The van der Waals surface area contributed by atoms with Crippen LogP contribution in [0.4, 0.5) is 5.69 Å². The molecule has 20 heavy (non-hydrogen) atoms. The maximum Gasteiger partial charge on any atom is 0.187 e. The van der Waals surface area contributed by atoms with Gasteiger partial charge >= 0.3 is 0 Å². The summed E-state index contributed by atoms with van der Waals surface area (Å²) in [5.74, 6) is -0.0512. The topological polar surface area (TPSA) is 29.1 Å². The first-order chi connectivity index (χ1) is 9.58. The molecule has 0 unspecified atom stereocenters. The molecule has 0 bridgehead atoms. The van der Waals surface area contributed by atoms with Crippen LogP contribution < -0.4 is 5.32 Å². The van der Waals surface area contributed by atoms with Gasteiger partial charge in [-0.2, -0.15) is 0 Å². The first kappa shape index (κ1) is 14.8. The summed E-state index contributed by atoms with van der Waals surface area (Å²) in [4.78, 5) is 11.9. The van der Waals surface area contributed by atoms with Crippen LogP contribution in [0.25, 0.3) is 0 Å². The highest BCUT2D eigenvalue weighted by Crippen LogP contribution is 2.22. The van der Waals surface area contributed by atoms with E-state index in [0.29, 0.717) is 10.6 Å². The zero-order chi connectivity index (χ0) is 14.5. The zero-order valence-electron chi connectivity index (χ0n) is 10.9. The molecular weight excluding hydrogens is 338 g/mol. The van der Waals surface area contributed by atoms with Crippen molar-refractivity contribution in [3.63, 3.8) is 0 Å². The lowest BCUT2D eigenvalue weighted by atomic mass is 10.1. The molecule has 0 spiro atoms. The molecule has 0 aromatic heterocycles. The summed E-state index contributed by atoms with van der Waals surface area (Å²) in [5, 5.41) is 3.77. The third-order valence-corrected chi connectivity index (χ3v) is 3.81. The van der Waals surface area contributed by atoms with E-state index in [4.69, 9.17) is 11.6 Å². The van der Waals surface area contributed by atoms with Gasteiger partial charge in [0.05, 0.1) is 0 Å². The Labute approximate surface area is 131 Å². The average molecular weight is 351 g/mol. The summed E-state index contributed by atoms with van der Waals surface area (Å²) < 4.78 is 0.950. The smallest absolute Gasteiger partial charge is 0.187 e. The van der Waals surface area contributed by atoms with Gasteiger partial charge in [-0.15, -0.1) is 0 Å². The van der Waals surface area contributed by atoms with E-state index in [1.54, 1.807) is 18.3 Å². The van der Waals surface area contributed by atoms with Crippen LogP contribution in [0.5, 0.6) is 0 Å². The van der Waals surface area contributed by atoms with Crippen LogP contribution in [0.1, 0.15) is 15.9 Å². The third-order valence-electron chi connectivity index (χ3n) is 2.87. The molecule has 0 saturated carbocycles. The van der Waals surface area contributed by atoms with Gasteiger partial charge in [-0.1, -0.05) is 33.6 Å². The molecule has 102 valence electrons. The maximum absolute atomic E-state index is 11.9. The highest BCUT2D eigenvalue weighted by atomic mass is 79.9. The number of hydrogen-bond acceptors (Lipinski definition) is 2. The van der Waals surface area contributed by atoms with Crippen molar-refractivity contribution in [3.05, 3.63) is 75.4 Å². The Morgan fingerprint density at radius 1 is 1.20 bits per heavy atom. The largest absolute Gasteiger partial charge is 0.361 e. The van der Waals surface area contributed by atoms with Crippen LogP contribution in [0.3, 0.4) is 0 Å². The molecule has 2 nitrogen and oxygen atoms in total. The fraction of sp³-hybridized carbons (Fsp3) is 0.0625. The molecule has 0 heterocycles. The molecule has 0 aliphatic carbocycles. The number of benzene rings is 2. The minimum atomic E-state index is -0.0512. The van der Waals surface area contributed by atoms with Crippen molar-refractivity contribution >= 4 is 39.0 Å². The Kier molecular flexibility index (Phi) is 4.99. The van der Waals surface area contributed by atoms with Crippen molar-refractivity contribution in [2.24, 2.45) is 0 Å². The second-order valence-corrected chi connectivity index (χ2v) is 5.58. The van der Waals surface area contributed by atoms with Crippen molar-refractivity contribution in [1.82, 2.24) is 0 Å². The number of carbonyl (C=O) groups excluding carboxylic acids is 1. The van der Waals surface area contributed by atoms with Gasteiger partial charge < -0.3 is 5.32 Å². The van der Waals surface area contributed by atoms with E-state index in [0.717, 1.165) is 15.7 Å². The van der Waals surface area contributed by atoms with Crippen LogP contribution >= 0.6 is 27.5 Å². The van der Waals surface area contributed by atoms with Crippen LogP contribution in [-0.2, 0) is 0 Å². The van der Waals surface area contributed by atoms with Crippen molar-refractivity contribution in [1.29, 1.82) is 0 Å². The van der Waals surface area contributed by atoms with Gasteiger partial charge in [0.2, 0.25) is 0 Å². The Bertz CT molecular complexity index is 650. The molecule has 0 radical (unpaired) electrons. The van der Waals surface area contributed by atoms with Gasteiger partial charge in [0.15, 0.2) is 5.78 Å². The summed E-state index contributed by atoms with van der Waals surface area (Å²) in [6.07, 6.45) is 3.13. The molecule has 0 fully saturated rings. The van der Waals surface area contributed by atoms with E-state index < -0.39 is 0 Å². The molecule has 0 saturated heterocycles. The number of ketones is 1. The molecule has 1 N–H and O–H groups in total. The predicted molar refractivity (Wildman–Crippen MR) is 87.4 cm³/mol. The highest BCUT2D eigenvalue weighted by Gasteiger charge is 2.02. The molecule has 0 amide bonds. The van der Waals surface area contributed by atoms with E-state index in [-0.39, 0.29) is 5.78 Å². The second-order valence-electron chi connectivity index (χ2n) is 4.26. The molecule has 2 aromatic carbocycles. The van der Waals surface area contributed by atoms with Crippen LogP contribution in [0, 0.1) is 6.92 Å². The Hall–Kier alpha value is -1.58. The van der Waals surface area contributed by atoms with E-state index in [1.807, 2.05) is 37.3 Å². The molecule has 4 heteroatoms. The van der Waals surface area contributed by atoms with Crippen LogP contribution in [0.2, 0.25) is 5.02 Å². The van der Waals surface area contributed by atoms with Gasteiger partial charge in [0.1, 0.15) is 0 Å². The zero-order valence-corrected chi connectivity index (χ0v) is 13.2. The molecule has 0 atom stereocenters. The van der Waals surface area contributed by atoms with Gasteiger partial charge in [0, 0.05) is 33.0 Å². The SMILES string of the molecule is Cc1c(Cl)cccc1N/C=C/C(=O)c1ccc(Br)cc1. The highest BCUT2D eigenvalue weighted by molar-refractivity contribution is 9.10. The summed E-state index contributed by atoms with van der Waals surface area (Å²) in [6, 6.07) is 12.9. The van der Waals surface area contributed by atoms with E-state index in [1.165, 1.54) is 6.08 Å². The number of halogens is 2. The molecule has 2 aromatic rings. The summed E-state index contributed by atoms with van der Waals surface area (Å²) >= 11 is 9.37.